The lowest BCUT2D eigenvalue weighted by atomic mass is 11.0. The Balaban J connectivity index is 3.01. The zero-order valence-corrected chi connectivity index (χ0v) is 9.70. The van der Waals surface area contributed by atoms with Gasteiger partial charge in [0.1, 0.15) is 0 Å². The Bertz CT molecular complexity index is 373. The maximum Gasteiger partial charge on any atom is 0.233 e. The smallest absolute Gasteiger partial charge is 0.233 e. The van der Waals surface area contributed by atoms with E-state index in [1.807, 2.05) is 0 Å². The summed E-state index contributed by atoms with van der Waals surface area (Å²) < 4.78 is 24.0. The van der Waals surface area contributed by atoms with E-state index in [0.29, 0.717) is 5.13 Å². The van der Waals surface area contributed by atoms with Crippen LogP contribution in [0.1, 0.15) is 0 Å². The molecular weight excluding hydrogens is 264 g/mol. The molecule has 0 aliphatic heterocycles. The molecule has 0 atom stereocenters. The van der Waals surface area contributed by atoms with Crippen molar-refractivity contribution in [3.8, 4) is 0 Å². The van der Waals surface area contributed by atoms with Gasteiger partial charge in [0, 0.05) is 7.05 Å². The third kappa shape index (κ3) is 2.18. The van der Waals surface area contributed by atoms with Crippen LogP contribution in [-0.4, -0.2) is 26.7 Å². The van der Waals surface area contributed by atoms with Gasteiger partial charge in [-0.25, -0.2) is 17.7 Å². The zero-order chi connectivity index (χ0) is 9.35. The van der Waals surface area contributed by atoms with E-state index in [9.17, 15) is 8.42 Å². The first-order chi connectivity index (χ1) is 5.41. The number of aromatic nitrogens is 1. The number of sulfonamides is 1. The van der Waals surface area contributed by atoms with Gasteiger partial charge in [-0.3, -0.25) is 0 Å². The fraction of sp³-hybridized carbons (Fsp3) is 0.400. The van der Waals surface area contributed by atoms with Crippen molar-refractivity contribution in [2.24, 2.45) is 0 Å². The quantitative estimate of drug-likeness (QED) is 0.814. The SMILES string of the molecule is CN(c1ncc(Br)s1)S(C)(=O)=O. The highest BCUT2D eigenvalue weighted by molar-refractivity contribution is 9.11. The average molecular weight is 271 g/mol. The first kappa shape index (κ1) is 9.94. The van der Waals surface area contributed by atoms with Crippen LogP contribution in [0.3, 0.4) is 0 Å². The summed E-state index contributed by atoms with van der Waals surface area (Å²) in [7, 11) is -1.71. The fourth-order valence-electron chi connectivity index (χ4n) is 0.533. The number of anilines is 1. The minimum Gasteiger partial charge on any atom is -0.248 e. The molecule has 0 bridgehead atoms. The number of hydrogen-bond donors (Lipinski definition) is 0. The van der Waals surface area contributed by atoms with Gasteiger partial charge in [0.15, 0.2) is 5.13 Å². The van der Waals surface area contributed by atoms with Crippen molar-refractivity contribution < 1.29 is 8.42 Å². The Hall–Kier alpha value is -0.140. The Morgan fingerprint density at radius 2 is 2.25 bits per heavy atom. The van der Waals surface area contributed by atoms with Crippen molar-refractivity contribution in [3.63, 3.8) is 0 Å². The summed E-state index contributed by atoms with van der Waals surface area (Å²) in [6.07, 6.45) is 2.71. The second kappa shape index (κ2) is 3.31. The summed E-state index contributed by atoms with van der Waals surface area (Å²) in [5.74, 6) is 0. The Labute approximate surface area is 83.4 Å². The van der Waals surface area contributed by atoms with Crippen molar-refractivity contribution in [2.75, 3.05) is 17.6 Å². The van der Waals surface area contributed by atoms with Gasteiger partial charge in [-0.2, -0.15) is 0 Å². The molecule has 68 valence electrons. The number of thiazole rings is 1. The normalized spacial score (nSPS) is 11.6. The lowest BCUT2D eigenvalue weighted by molar-refractivity contribution is 0.600. The summed E-state index contributed by atoms with van der Waals surface area (Å²) in [6, 6.07) is 0. The van der Waals surface area contributed by atoms with Gasteiger partial charge in [-0.1, -0.05) is 11.3 Å². The maximum absolute atomic E-state index is 11.0. The molecule has 0 aliphatic rings. The molecule has 7 heteroatoms. The van der Waals surface area contributed by atoms with E-state index in [1.54, 1.807) is 6.20 Å². The van der Waals surface area contributed by atoms with Crippen LogP contribution in [0.2, 0.25) is 0 Å². The van der Waals surface area contributed by atoms with Crippen molar-refractivity contribution in [2.45, 2.75) is 0 Å². The highest BCUT2D eigenvalue weighted by Crippen LogP contribution is 2.26. The number of rotatable bonds is 2. The van der Waals surface area contributed by atoms with Crippen molar-refractivity contribution >= 4 is 42.4 Å². The minimum absolute atomic E-state index is 0.462. The predicted molar refractivity (Wildman–Crippen MR) is 53.1 cm³/mol. The predicted octanol–water partition coefficient (Wildman–Crippen LogP) is 1.30. The van der Waals surface area contributed by atoms with Crippen molar-refractivity contribution in [1.29, 1.82) is 0 Å². The molecule has 1 aromatic heterocycles. The molecule has 0 N–H and O–H groups in total. The molecule has 0 saturated carbocycles. The van der Waals surface area contributed by atoms with E-state index in [1.165, 1.54) is 18.4 Å². The molecule has 0 unspecified atom stereocenters. The standard InChI is InChI=1S/C5H7BrN2O2S2/c1-8(12(2,9)10)5-7-3-4(6)11-5/h3H,1-2H3. The van der Waals surface area contributed by atoms with Gasteiger partial charge in [-0.05, 0) is 15.9 Å². The molecule has 1 rings (SSSR count). The molecule has 0 aromatic carbocycles. The molecular formula is C5H7BrN2O2S2. The summed E-state index contributed by atoms with van der Waals surface area (Å²) in [5, 5.41) is 0.462. The second-order valence-corrected chi connectivity index (χ2v) is 6.58. The van der Waals surface area contributed by atoms with E-state index in [-0.39, 0.29) is 0 Å². The van der Waals surface area contributed by atoms with E-state index >= 15 is 0 Å². The van der Waals surface area contributed by atoms with Crippen LogP contribution >= 0.6 is 27.3 Å². The van der Waals surface area contributed by atoms with Crippen LogP contribution in [-0.2, 0) is 10.0 Å². The Kier molecular flexibility index (Phi) is 2.74. The molecule has 0 amide bonds. The van der Waals surface area contributed by atoms with Crippen LogP contribution in [0.25, 0.3) is 0 Å². The second-order valence-electron chi connectivity index (χ2n) is 2.18. The largest absolute Gasteiger partial charge is 0.248 e. The number of nitrogens with zero attached hydrogens (tertiary/aromatic N) is 2. The van der Waals surface area contributed by atoms with Crippen molar-refractivity contribution in [1.82, 2.24) is 4.98 Å². The zero-order valence-electron chi connectivity index (χ0n) is 6.48. The van der Waals surface area contributed by atoms with Crippen LogP contribution in [0.15, 0.2) is 9.98 Å². The van der Waals surface area contributed by atoms with Crippen LogP contribution in [0, 0.1) is 0 Å². The van der Waals surface area contributed by atoms with E-state index in [4.69, 9.17) is 0 Å². The van der Waals surface area contributed by atoms with E-state index < -0.39 is 10.0 Å². The molecule has 1 heterocycles. The van der Waals surface area contributed by atoms with Crippen molar-refractivity contribution in [3.05, 3.63) is 9.98 Å². The lowest BCUT2D eigenvalue weighted by Gasteiger charge is -2.11. The van der Waals surface area contributed by atoms with E-state index in [0.717, 1.165) is 14.3 Å². The molecule has 4 nitrogen and oxygen atoms in total. The lowest BCUT2D eigenvalue weighted by Crippen LogP contribution is -2.24. The number of halogens is 1. The molecule has 0 saturated heterocycles. The monoisotopic (exact) mass is 270 g/mol. The van der Waals surface area contributed by atoms with Gasteiger partial charge in [0.25, 0.3) is 0 Å². The van der Waals surface area contributed by atoms with Gasteiger partial charge in [0.05, 0.1) is 16.2 Å². The first-order valence-electron chi connectivity index (χ1n) is 2.96. The summed E-state index contributed by atoms with van der Waals surface area (Å²) in [5.41, 5.74) is 0. The fourth-order valence-corrected chi connectivity index (χ4v) is 2.43. The highest BCUT2D eigenvalue weighted by Gasteiger charge is 2.14. The van der Waals surface area contributed by atoms with Gasteiger partial charge < -0.3 is 0 Å². The molecule has 0 spiro atoms. The van der Waals surface area contributed by atoms with E-state index in [2.05, 4.69) is 20.9 Å². The summed E-state index contributed by atoms with van der Waals surface area (Å²) in [6.45, 7) is 0. The minimum atomic E-state index is -3.18. The average Bonchev–Trinajstić information content (AvgIpc) is 2.32. The molecule has 0 aliphatic carbocycles. The van der Waals surface area contributed by atoms with Crippen LogP contribution < -0.4 is 4.31 Å². The van der Waals surface area contributed by atoms with Crippen LogP contribution in [0.5, 0.6) is 0 Å². The summed E-state index contributed by atoms with van der Waals surface area (Å²) >= 11 is 4.48. The molecule has 12 heavy (non-hydrogen) atoms. The molecule has 0 radical (unpaired) electrons. The van der Waals surface area contributed by atoms with Gasteiger partial charge >= 0.3 is 0 Å². The number of hydrogen-bond acceptors (Lipinski definition) is 4. The third-order valence-electron chi connectivity index (χ3n) is 1.23. The Morgan fingerprint density at radius 1 is 1.67 bits per heavy atom. The summed E-state index contributed by atoms with van der Waals surface area (Å²) in [4.78, 5) is 3.90. The third-order valence-corrected chi connectivity index (χ3v) is 4.07. The highest BCUT2D eigenvalue weighted by atomic mass is 79.9. The van der Waals surface area contributed by atoms with Gasteiger partial charge in [0.2, 0.25) is 10.0 Å². The van der Waals surface area contributed by atoms with Gasteiger partial charge in [-0.15, -0.1) is 0 Å². The maximum atomic E-state index is 11.0. The Morgan fingerprint density at radius 3 is 2.58 bits per heavy atom. The molecule has 0 fully saturated rings. The first-order valence-corrected chi connectivity index (χ1v) is 6.42. The van der Waals surface area contributed by atoms with Crippen LogP contribution in [0.4, 0.5) is 5.13 Å². The molecule has 1 aromatic rings. The topological polar surface area (TPSA) is 50.3 Å².